The molecule has 1 saturated heterocycles. The lowest BCUT2D eigenvalue weighted by Crippen LogP contribution is -2.54. The molecule has 0 unspecified atom stereocenters. The Kier molecular flexibility index (Phi) is 5.90. The van der Waals surface area contributed by atoms with E-state index in [0.29, 0.717) is 19.0 Å². The van der Waals surface area contributed by atoms with E-state index >= 15 is 0 Å². The van der Waals surface area contributed by atoms with Crippen LogP contribution < -0.4 is 5.32 Å². The molecule has 6 heteroatoms. The van der Waals surface area contributed by atoms with Gasteiger partial charge in [0.1, 0.15) is 5.54 Å². The third kappa shape index (κ3) is 5.17. The van der Waals surface area contributed by atoms with E-state index in [1.54, 1.807) is 0 Å². The highest BCUT2D eigenvalue weighted by atomic mass is 16.3. The van der Waals surface area contributed by atoms with Crippen molar-refractivity contribution in [2.75, 3.05) is 39.3 Å². The minimum absolute atomic E-state index is 0.0610. The summed E-state index contributed by atoms with van der Waals surface area (Å²) in [6, 6.07) is 2.26. The summed E-state index contributed by atoms with van der Waals surface area (Å²) in [4.78, 5) is 16.6. The number of nitrogens with one attached hydrogen (secondary N) is 1. The summed E-state index contributed by atoms with van der Waals surface area (Å²) in [5, 5.41) is 22.5. The topological polar surface area (TPSA) is 79.6 Å². The Bertz CT molecular complexity index is 484. The van der Waals surface area contributed by atoms with E-state index in [2.05, 4.69) is 21.2 Å². The van der Waals surface area contributed by atoms with Gasteiger partial charge in [0.15, 0.2) is 0 Å². The van der Waals surface area contributed by atoms with Crippen LogP contribution >= 0.6 is 0 Å². The standard InChI is InChI=1S/C18H32N4O2/c1-17(2,3)15(23)11-21-7-9-22(10-8-21)12-16(24)20-18(4,13-19)14-5-6-14/h14-15,23H,5-12H2,1-4H3,(H,20,24)/t15-,18-/m0/s1. The lowest BCUT2D eigenvalue weighted by atomic mass is 9.89. The lowest BCUT2D eigenvalue weighted by Gasteiger charge is -2.38. The highest BCUT2D eigenvalue weighted by Gasteiger charge is 2.43. The minimum atomic E-state index is -0.713. The molecule has 0 aromatic carbocycles. The number of carbonyl (C=O) groups is 1. The number of piperazine rings is 1. The Hall–Kier alpha value is -1.16. The highest BCUT2D eigenvalue weighted by Crippen LogP contribution is 2.39. The van der Waals surface area contributed by atoms with Crippen molar-refractivity contribution in [3.05, 3.63) is 0 Å². The smallest absolute Gasteiger partial charge is 0.235 e. The van der Waals surface area contributed by atoms with Gasteiger partial charge in [-0.1, -0.05) is 20.8 Å². The maximum absolute atomic E-state index is 12.3. The fourth-order valence-corrected chi connectivity index (χ4v) is 3.06. The molecule has 1 aliphatic carbocycles. The number of carbonyl (C=O) groups excluding carboxylic acids is 1. The molecule has 1 amide bonds. The van der Waals surface area contributed by atoms with Gasteiger partial charge in [-0.3, -0.25) is 14.6 Å². The molecule has 2 atom stereocenters. The van der Waals surface area contributed by atoms with Gasteiger partial charge in [-0.2, -0.15) is 5.26 Å². The number of rotatable bonds is 6. The predicted octanol–water partition coefficient (Wildman–Crippen LogP) is 0.819. The number of aliphatic hydroxyl groups excluding tert-OH is 1. The van der Waals surface area contributed by atoms with E-state index in [4.69, 9.17) is 0 Å². The first-order chi connectivity index (χ1) is 11.1. The number of aliphatic hydroxyl groups is 1. The van der Waals surface area contributed by atoms with Gasteiger partial charge in [-0.25, -0.2) is 0 Å². The zero-order valence-corrected chi connectivity index (χ0v) is 15.5. The summed E-state index contributed by atoms with van der Waals surface area (Å²) in [6.45, 7) is 12.3. The van der Waals surface area contributed by atoms with Crippen molar-refractivity contribution in [3.63, 3.8) is 0 Å². The van der Waals surface area contributed by atoms with Crippen molar-refractivity contribution in [2.24, 2.45) is 11.3 Å². The molecule has 0 aromatic heterocycles. The van der Waals surface area contributed by atoms with E-state index in [1.165, 1.54) is 0 Å². The van der Waals surface area contributed by atoms with Gasteiger partial charge in [0.2, 0.25) is 5.91 Å². The number of hydrogen-bond acceptors (Lipinski definition) is 5. The Morgan fingerprint density at radius 3 is 2.21 bits per heavy atom. The van der Waals surface area contributed by atoms with Crippen LogP contribution in [0.1, 0.15) is 40.5 Å². The van der Waals surface area contributed by atoms with Gasteiger partial charge in [0, 0.05) is 32.7 Å². The molecule has 24 heavy (non-hydrogen) atoms. The molecule has 6 nitrogen and oxygen atoms in total. The third-order valence-electron chi connectivity index (χ3n) is 5.29. The van der Waals surface area contributed by atoms with Gasteiger partial charge in [-0.05, 0) is 31.1 Å². The Labute approximate surface area is 145 Å². The molecule has 0 radical (unpaired) electrons. The second kappa shape index (κ2) is 7.38. The Balaban J connectivity index is 1.73. The first kappa shape index (κ1) is 19.2. The van der Waals surface area contributed by atoms with E-state index in [1.807, 2.05) is 27.7 Å². The molecule has 2 rings (SSSR count). The van der Waals surface area contributed by atoms with Crippen molar-refractivity contribution in [1.29, 1.82) is 5.26 Å². The monoisotopic (exact) mass is 336 g/mol. The molecular formula is C18H32N4O2. The van der Waals surface area contributed by atoms with Crippen molar-refractivity contribution in [2.45, 2.75) is 52.2 Å². The van der Waals surface area contributed by atoms with Crippen LogP contribution in [-0.2, 0) is 4.79 Å². The summed E-state index contributed by atoms with van der Waals surface area (Å²) in [7, 11) is 0. The van der Waals surface area contributed by atoms with E-state index in [-0.39, 0.29) is 17.4 Å². The molecule has 0 spiro atoms. The number of hydrogen-bond donors (Lipinski definition) is 2. The number of β-amino-alcohol motifs (C(OH)–C–C–N with tert-alkyl or cyclic N) is 1. The van der Waals surface area contributed by atoms with Crippen molar-refractivity contribution in [3.8, 4) is 6.07 Å². The van der Waals surface area contributed by atoms with E-state index < -0.39 is 5.54 Å². The average Bonchev–Trinajstić information content (AvgIpc) is 3.33. The highest BCUT2D eigenvalue weighted by molar-refractivity contribution is 5.79. The quantitative estimate of drug-likeness (QED) is 0.751. The molecule has 1 saturated carbocycles. The molecule has 1 heterocycles. The van der Waals surface area contributed by atoms with Gasteiger partial charge in [-0.15, -0.1) is 0 Å². The molecule has 2 N–H and O–H groups in total. The normalized spacial score (nSPS) is 24.0. The number of nitrogens with zero attached hydrogens (tertiary/aromatic N) is 3. The van der Waals surface area contributed by atoms with Crippen LogP contribution in [-0.4, -0.2) is 71.7 Å². The minimum Gasteiger partial charge on any atom is -0.391 e. The van der Waals surface area contributed by atoms with Crippen molar-refractivity contribution in [1.82, 2.24) is 15.1 Å². The van der Waals surface area contributed by atoms with Gasteiger partial charge in [0.05, 0.1) is 18.7 Å². The zero-order chi connectivity index (χ0) is 18.0. The third-order valence-corrected chi connectivity index (χ3v) is 5.29. The maximum Gasteiger partial charge on any atom is 0.235 e. The van der Waals surface area contributed by atoms with Gasteiger partial charge < -0.3 is 10.4 Å². The maximum atomic E-state index is 12.3. The zero-order valence-electron chi connectivity index (χ0n) is 15.5. The van der Waals surface area contributed by atoms with Crippen LogP contribution in [0.25, 0.3) is 0 Å². The first-order valence-corrected chi connectivity index (χ1v) is 8.99. The number of amides is 1. The molecule has 2 fully saturated rings. The Morgan fingerprint density at radius 1 is 1.21 bits per heavy atom. The van der Waals surface area contributed by atoms with Crippen LogP contribution in [0.4, 0.5) is 0 Å². The molecule has 2 aliphatic rings. The molecule has 0 bridgehead atoms. The van der Waals surface area contributed by atoms with Crippen molar-refractivity contribution >= 4 is 5.91 Å². The second-order valence-corrected chi connectivity index (χ2v) is 8.60. The van der Waals surface area contributed by atoms with Gasteiger partial charge >= 0.3 is 0 Å². The summed E-state index contributed by atoms with van der Waals surface area (Å²) < 4.78 is 0. The summed E-state index contributed by atoms with van der Waals surface area (Å²) in [5.74, 6) is 0.247. The lowest BCUT2D eigenvalue weighted by molar-refractivity contribution is -0.124. The van der Waals surface area contributed by atoms with E-state index in [9.17, 15) is 15.2 Å². The van der Waals surface area contributed by atoms with Crippen LogP contribution in [0.3, 0.4) is 0 Å². The fourth-order valence-electron chi connectivity index (χ4n) is 3.06. The summed E-state index contributed by atoms with van der Waals surface area (Å²) in [6.07, 6.45) is 1.71. The molecule has 0 aromatic rings. The van der Waals surface area contributed by atoms with Crippen molar-refractivity contribution < 1.29 is 9.90 Å². The average molecular weight is 336 g/mol. The summed E-state index contributed by atoms with van der Waals surface area (Å²) in [5.41, 5.74) is -0.822. The second-order valence-electron chi connectivity index (χ2n) is 8.60. The first-order valence-electron chi connectivity index (χ1n) is 8.99. The predicted molar refractivity (Wildman–Crippen MR) is 93.2 cm³/mol. The SMILES string of the molecule is CC(C)(C)[C@@H](O)CN1CCN(CC(=O)N[C@@](C)(C#N)C2CC2)CC1. The molecular weight excluding hydrogens is 304 g/mol. The van der Waals surface area contributed by atoms with Crippen LogP contribution in [0.5, 0.6) is 0 Å². The summed E-state index contributed by atoms with van der Waals surface area (Å²) >= 11 is 0. The van der Waals surface area contributed by atoms with Crippen LogP contribution in [0.15, 0.2) is 0 Å². The Morgan fingerprint density at radius 2 is 1.75 bits per heavy atom. The van der Waals surface area contributed by atoms with E-state index in [0.717, 1.165) is 39.0 Å². The van der Waals surface area contributed by atoms with Crippen LogP contribution in [0, 0.1) is 22.7 Å². The molecule has 136 valence electrons. The number of nitriles is 1. The fraction of sp³-hybridized carbons (Fsp3) is 0.889. The molecule has 1 aliphatic heterocycles. The van der Waals surface area contributed by atoms with Crippen LogP contribution in [0.2, 0.25) is 0 Å². The van der Waals surface area contributed by atoms with Gasteiger partial charge in [0.25, 0.3) is 0 Å². The largest absolute Gasteiger partial charge is 0.391 e.